The molecule has 0 radical (unpaired) electrons. The number of piperazine rings is 1. The van der Waals surface area contributed by atoms with E-state index in [0.29, 0.717) is 38.4 Å². The molecule has 2 aliphatic rings. The lowest BCUT2D eigenvalue weighted by atomic mass is 10.1. The highest BCUT2D eigenvalue weighted by molar-refractivity contribution is 5.63. The van der Waals surface area contributed by atoms with E-state index in [1.54, 1.807) is 4.90 Å². The standard InChI is InChI=1S/C14H18F3N5O2/c15-14(16,17)13-7-11(12(9-19-13)22(23)24)21-5-3-20(4-6-21)10-1-2-18-8-10/h7,9-10,18H,1-6,8H2. The first-order valence-corrected chi connectivity index (χ1v) is 7.77. The minimum Gasteiger partial charge on any atom is -0.363 e. The summed E-state index contributed by atoms with van der Waals surface area (Å²) in [5, 5.41) is 14.4. The zero-order valence-corrected chi connectivity index (χ0v) is 12.9. The van der Waals surface area contributed by atoms with E-state index in [-0.39, 0.29) is 11.4 Å². The van der Waals surface area contributed by atoms with Crippen molar-refractivity contribution >= 4 is 11.4 Å². The third kappa shape index (κ3) is 3.44. The molecule has 132 valence electrons. The summed E-state index contributed by atoms with van der Waals surface area (Å²) >= 11 is 0. The fraction of sp³-hybridized carbons (Fsp3) is 0.643. The molecule has 0 spiro atoms. The lowest BCUT2D eigenvalue weighted by molar-refractivity contribution is -0.384. The SMILES string of the molecule is O=[N+]([O-])c1cnc(C(F)(F)F)cc1N1CCN(C2CCNC2)CC1. The van der Waals surface area contributed by atoms with Gasteiger partial charge >= 0.3 is 11.9 Å². The Morgan fingerprint density at radius 1 is 1.29 bits per heavy atom. The van der Waals surface area contributed by atoms with E-state index >= 15 is 0 Å². The van der Waals surface area contributed by atoms with Crippen molar-refractivity contribution in [2.24, 2.45) is 0 Å². The highest BCUT2D eigenvalue weighted by Crippen LogP contribution is 2.35. The monoisotopic (exact) mass is 345 g/mol. The number of pyridine rings is 1. The van der Waals surface area contributed by atoms with E-state index in [1.165, 1.54) is 0 Å². The summed E-state index contributed by atoms with van der Waals surface area (Å²) in [6.45, 7) is 4.14. The summed E-state index contributed by atoms with van der Waals surface area (Å²) < 4.78 is 38.6. The maximum Gasteiger partial charge on any atom is 0.433 e. The van der Waals surface area contributed by atoms with Gasteiger partial charge in [0.2, 0.25) is 0 Å². The van der Waals surface area contributed by atoms with Gasteiger partial charge in [0.25, 0.3) is 0 Å². The molecule has 3 heterocycles. The normalized spacial score (nSPS) is 22.8. The van der Waals surface area contributed by atoms with Crippen LogP contribution in [0.2, 0.25) is 0 Å². The van der Waals surface area contributed by atoms with Crippen LogP contribution < -0.4 is 10.2 Å². The van der Waals surface area contributed by atoms with E-state index in [0.717, 1.165) is 25.6 Å². The summed E-state index contributed by atoms with van der Waals surface area (Å²) in [5.74, 6) is 0. The Hall–Kier alpha value is -1.94. The van der Waals surface area contributed by atoms with Gasteiger partial charge in [-0.25, -0.2) is 4.98 Å². The molecule has 1 N–H and O–H groups in total. The first-order valence-electron chi connectivity index (χ1n) is 7.77. The molecule has 7 nitrogen and oxygen atoms in total. The molecule has 1 aromatic heterocycles. The molecular formula is C14H18F3N5O2. The number of nitro groups is 1. The van der Waals surface area contributed by atoms with Crippen molar-refractivity contribution in [1.29, 1.82) is 0 Å². The van der Waals surface area contributed by atoms with Gasteiger partial charge in [-0.3, -0.25) is 15.0 Å². The predicted molar refractivity (Wildman–Crippen MR) is 81.0 cm³/mol. The maximum absolute atomic E-state index is 12.9. The second-order valence-electron chi connectivity index (χ2n) is 5.98. The van der Waals surface area contributed by atoms with Crippen molar-refractivity contribution < 1.29 is 18.1 Å². The van der Waals surface area contributed by atoms with Crippen LogP contribution in [0, 0.1) is 10.1 Å². The van der Waals surface area contributed by atoms with E-state index in [4.69, 9.17) is 0 Å². The van der Waals surface area contributed by atoms with Gasteiger partial charge in [0.05, 0.1) is 4.92 Å². The molecule has 1 unspecified atom stereocenters. The van der Waals surface area contributed by atoms with Gasteiger partial charge in [0.15, 0.2) is 0 Å². The van der Waals surface area contributed by atoms with Gasteiger partial charge in [-0.05, 0) is 19.0 Å². The van der Waals surface area contributed by atoms with Crippen molar-refractivity contribution in [2.75, 3.05) is 44.2 Å². The maximum atomic E-state index is 12.9. The fourth-order valence-corrected chi connectivity index (χ4v) is 3.27. The van der Waals surface area contributed by atoms with Crippen molar-refractivity contribution in [3.8, 4) is 0 Å². The number of hydrogen-bond donors (Lipinski definition) is 1. The average Bonchev–Trinajstić information content (AvgIpc) is 3.08. The highest BCUT2D eigenvalue weighted by atomic mass is 19.4. The average molecular weight is 345 g/mol. The molecule has 2 fully saturated rings. The van der Waals surface area contributed by atoms with E-state index in [2.05, 4.69) is 15.2 Å². The smallest absolute Gasteiger partial charge is 0.363 e. The third-order valence-corrected chi connectivity index (χ3v) is 4.55. The van der Waals surface area contributed by atoms with Gasteiger partial charge in [0.1, 0.15) is 17.6 Å². The summed E-state index contributed by atoms with van der Waals surface area (Å²) in [6.07, 6.45) is -2.87. The second-order valence-corrected chi connectivity index (χ2v) is 5.98. The van der Waals surface area contributed by atoms with Crippen LogP contribution in [-0.4, -0.2) is 60.1 Å². The lowest BCUT2D eigenvalue weighted by Gasteiger charge is -2.38. The van der Waals surface area contributed by atoms with Crippen LogP contribution in [0.4, 0.5) is 24.5 Å². The molecule has 2 aliphatic heterocycles. The molecular weight excluding hydrogens is 327 g/mol. The number of halogens is 3. The minimum atomic E-state index is -4.62. The molecule has 1 aromatic rings. The van der Waals surface area contributed by atoms with Gasteiger partial charge in [-0.2, -0.15) is 13.2 Å². The molecule has 10 heteroatoms. The van der Waals surface area contributed by atoms with Crippen molar-refractivity contribution in [1.82, 2.24) is 15.2 Å². The lowest BCUT2D eigenvalue weighted by Crippen LogP contribution is -2.51. The Labute approximate surface area is 136 Å². The quantitative estimate of drug-likeness (QED) is 0.661. The van der Waals surface area contributed by atoms with Gasteiger partial charge in [-0.1, -0.05) is 0 Å². The number of anilines is 1. The summed E-state index contributed by atoms with van der Waals surface area (Å²) in [6, 6.07) is 1.22. The predicted octanol–water partition coefficient (Wildman–Crippen LogP) is 1.49. The van der Waals surface area contributed by atoms with Crippen molar-refractivity contribution in [2.45, 2.75) is 18.6 Å². The Kier molecular flexibility index (Phi) is 4.59. The number of rotatable bonds is 3. The number of nitrogens with zero attached hydrogens (tertiary/aromatic N) is 4. The topological polar surface area (TPSA) is 74.5 Å². The molecule has 3 rings (SSSR count). The van der Waals surface area contributed by atoms with E-state index < -0.39 is 16.8 Å². The van der Waals surface area contributed by atoms with Crippen LogP contribution >= 0.6 is 0 Å². The number of aromatic nitrogens is 1. The van der Waals surface area contributed by atoms with Crippen LogP contribution in [0.25, 0.3) is 0 Å². The zero-order valence-electron chi connectivity index (χ0n) is 12.9. The fourth-order valence-electron chi connectivity index (χ4n) is 3.27. The molecule has 0 bridgehead atoms. The van der Waals surface area contributed by atoms with Crippen LogP contribution in [0.15, 0.2) is 12.3 Å². The molecule has 0 aromatic carbocycles. The summed E-state index contributed by atoms with van der Waals surface area (Å²) in [4.78, 5) is 17.6. The Morgan fingerprint density at radius 3 is 2.54 bits per heavy atom. The largest absolute Gasteiger partial charge is 0.433 e. The number of nitrogens with one attached hydrogen (secondary N) is 1. The van der Waals surface area contributed by atoms with Gasteiger partial charge in [-0.15, -0.1) is 0 Å². The molecule has 2 saturated heterocycles. The van der Waals surface area contributed by atoms with Crippen LogP contribution in [0.3, 0.4) is 0 Å². The van der Waals surface area contributed by atoms with Crippen molar-refractivity contribution in [3.63, 3.8) is 0 Å². The van der Waals surface area contributed by atoms with Crippen LogP contribution in [0.1, 0.15) is 12.1 Å². The number of alkyl halides is 3. The Balaban J connectivity index is 1.79. The van der Waals surface area contributed by atoms with Crippen molar-refractivity contribution in [3.05, 3.63) is 28.1 Å². The van der Waals surface area contributed by atoms with Gasteiger partial charge in [0, 0.05) is 38.8 Å². The molecule has 0 saturated carbocycles. The molecule has 1 atom stereocenters. The van der Waals surface area contributed by atoms with E-state index in [1.807, 2.05) is 0 Å². The van der Waals surface area contributed by atoms with E-state index in [9.17, 15) is 23.3 Å². The molecule has 24 heavy (non-hydrogen) atoms. The van der Waals surface area contributed by atoms with Gasteiger partial charge < -0.3 is 10.2 Å². The number of hydrogen-bond acceptors (Lipinski definition) is 6. The second kappa shape index (κ2) is 6.52. The molecule has 0 aliphatic carbocycles. The Morgan fingerprint density at radius 2 is 2.00 bits per heavy atom. The summed E-state index contributed by atoms with van der Waals surface area (Å²) in [7, 11) is 0. The van der Waals surface area contributed by atoms with Crippen LogP contribution in [-0.2, 0) is 6.18 Å². The first-order chi connectivity index (χ1) is 11.4. The third-order valence-electron chi connectivity index (χ3n) is 4.55. The summed E-state index contributed by atoms with van der Waals surface area (Å²) in [5.41, 5.74) is -1.50. The highest BCUT2D eigenvalue weighted by Gasteiger charge is 2.36. The first kappa shape index (κ1) is 16.9. The molecule has 0 amide bonds. The van der Waals surface area contributed by atoms with Crippen LogP contribution in [0.5, 0.6) is 0 Å². The minimum absolute atomic E-state index is 0.00785. The zero-order chi connectivity index (χ0) is 17.3. The Bertz CT molecular complexity index is 611.